The number of nitrogens with one attached hydrogen (secondary N) is 1. The average Bonchev–Trinajstić information content (AvgIpc) is 2.94. The second-order valence-electron chi connectivity index (χ2n) is 8.04. The Hall–Kier alpha value is -1.64. The summed E-state index contributed by atoms with van der Waals surface area (Å²) in [5, 5.41) is 2.75. The number of benzene rings is 1. The summed E-state index contributed by atoms with van der Waals surface area (Å²) < 4.78 is 12.6. The maximum absolute atomic E-state index is 12.1. The van der Waals surface area contributed by atoms with Crippen LogP contribution in [0.2, 0.25) is 0 Å². The van der Waals surface area contributed by atoms with Crippen LogP contribution in [0.3, 0.4) is 0 Å². The van der Waals surface area contributed by atoms with Crippen molar-refractivity contribution in [3.63, 3.8) is 0 Å². The van der Waals surface area contributed by atoms with Crippen LogP contribution in [0, 0.1) is 0 Å². The Balaban J connectivity index is 1.94. The monoisotopic (exact) mass is 424 g/mol. The van der Waals surface area contributed by atoms with Gasteiger partial charge in [-0.25, -0.2) is 4.98 Å². The van der Waals surface area contributed by atoms with Gasteiger partial charge < -0.3 is 14.8 Å². The number of hydrogen-bond acceptors (Lipinski definition) is 7. The van der Waals surface area contributed by atoms with E-state index < -0.39 is 17.5 Å². The zero-order chi connectivity index (χ0) is 20.9. The molecule has 0 spiro atoms. The molecule has 1 heterocycles. The third-order valence-corrected chi connectivity index (χ3v) is 6.02. The highest BCUT2D eigenvalue weighted by Crippen LogP contribution is 2.32. The maximum Gasteiger partial charge on any atom is 0.315 e. The minimum absolute atomic E-state index is 0.144. The molecule has 1 aromatic heterocycles. The molecule has 0 saturated carbocycles. The molecule has 1 aromatic carbocycles. The molecule has 0 aliphatic carbocycles. The first-order valence-corrected chi connectivity index (χ1v) is 10.9. The van der Waals surface area contributed by atoms with Crippen LogP contribution in [-0.2, 0) is 19.1 Å². The van der Waals surface area contributed by atoms with Gasteiger partial charge in [-0.1, -0.05) is 11.8 Å². The topological polar surface area (TPSA) is 77.5 Å². The lowest BCUT2D eigenvalue weighted by Gasteiger charge is -2.21. The third kappa shape index (κ3) is 7.41. The highest BCUT2D eigenvalue weighted by atomic mass is 32.2. The number of esters is 1. The second-order valence-corrected chi connectivity index (χ2v) is 10.4. The van der Waals surface area contributed by atoms with Crippen LogP contribution in [0.25, 0.3) is 10.2 Å². The summed E-state index contributed by atoms with van der Waals surface area (Å²) in [5.41, 5.74) is 0.784. The number of amides is 1. The fourth-order valence-electron chi connectivity index (χ4n) is 2.24. The Bertz CT molecular complexity index is 840. The first kappa shape index (κ1) is 22.6. The molecule has 8 heteroatoms. The van der Waals surface area contributed by atoms with Crippen LogP contribution >= 0.6 is 23.1 Å². The Kier molecular flexibility index (Phi) is 7.47. The largest absolute Gasteiger partial charge is 0.460 e. The molecule has 0 atom stereocenters. The summed E-state index contributed by atoms with van der Waals surface area (Å²) >= 11 is 3.29. The van der Waals surface area contributed by atoms with Gasteiger partial charge in [0, 0.05) is 18.6 Å². The molecule has 0 fully saturated rings. The molecular formula is C20H28N2O4S2. The van der Waals surface area contributed by atoms with E-state index >= 15 is 0 Å². The lowest BCUT2D eigenvalue weighted by atomic mass is 10.1. The van der Waals surface area contributed by atoms with Gasteiger partial charge >= 0.3 is 5.97 Å². The van der Waals surface area contributed by atoms with Gasteiger partial charge in [0.15, 0.2) is 4.34 Å². The van der Waals surface area contributed by atoms with Crippen molar-refractivity contribution in [1.82, 2.24) is 4.98 Å². The van der Waals surface area contributed by atoms with Crippen molar-refractivity contribution in [3.05, 3.63) is 18.2 Å². The molecular weight excluding hydrogens is 396 g/mol. The number of methoxy groups -OCH3 is 1. The lowest BCUT2D eigenvalue weighted by molar-refractivity contribution is -0.155. The van der Waals surface area contributed by atoms with E-state index in [-0.39, 0.29) is 12.0 Å². The summed E-state index contributed by atoms with van der Waals surface area (Å²) in [6, 6.07) is 5.54. The van der Waals surface area contributed by atoms with E-state index in [9.17, 15) is 9.59 Å². The number of ether oxygens (including phenoxy) is 2. The molecule has 0 aliphatic rings. The number of thiazole rings is 1. The Morgan fingerprint density at radius 2 is 1.93 bits per heavy atom. The standard InChI is InChI=1S/C20H28N2O4S2/c1-19(2,3)26-17(24)12-16(23)21-13-7-8-14-15(11-13)28-18(22-14)27-10-9-20(4,5)25-6/h7-8,11H,9-10,12H2,1-6H3,(H,21,23). The van der Waals surface area contributed by atoms with Gasteiger partial charge in [0.25, 0.3) is 0 Å². The SMILES string of the molecule is COC(C)(C)CCSc1nc2ccc(NC(=O)CC(=O)OC(C)(C)C)cc2s1. The molecule has 2 aromatic rings. The first-order chi connectivity index (χ1) is 13.0. The zero-order valence-electron chi connectivity index (χ0n) is 17.3. The fourth-order valence-corrected chi connectivity index (χ4v) is 4.67. The maximum atomic E-state index is 12.1. The quantitative estimate of drug-likeness (QED) is 0.370. The number of carbonyl (C=O) groups is 2. The van der Waals surface area contributed by atoms with Crippen molar-refractivity contribution < 1.29 is 19.1 Å². The number of fused-ring (bicyclic) bond motifs is 1. The van der Waals surface area contributed by atoms with Gasteiger partial charge in [-0.15, -0.1) is 11.3 Å². The van der Waals surface area contributed by atoms with E-state index in [1.165, 1.54) is 0 Å². The minimum atomic E-state index is -0.606. The smallest absolute Gasteiger partial charge is 0.315 e. The second kappa shape index (κ2) is 9.24. The minimum Gasteiger partial charge on any atom is -0.460 e. The number of thioether (sulfide) groups is 1. The molecule has 154 valence electrons. The third-order valence-electron chi connectivity index (χ3n) is 3.86. The summed E-state index contributed by atoms with van der Waals surface area (Å²) in [4.78, 5) is 28.5. The summed E-state index contributed by atoms with van der Waals surface area (Å²) in [7, 11) is 1.72. The van der Waals surface area contributed by atoms with Crippen molar-refractivity contribution >= 4 is 50.9 Å². The van der Waals surface area contributed by atoms with Crippen LogP contribution < -0.4 is 5.32 Å². The van der Waals surface area contributed by atoms with E-state index in [2.05, 4.69) is 24.1 Å². The van der Waals surface area contributed by atoms with E-state index in [1.807, 2.05) is 12.1 Å². The van der Waals surface area contributed by atoms with E-state index in [0.717, 1.165) is 26.7 Å². The zero-order valence-corrected chi connectivity index (χ0v) is 18.9. The van der Waals surface area contributed by atoms with Gasteiger partial charge in [0.2, 0.25) is 5.91 Å². The molecule has 0 bridgehead atoms. The molecule has 1 N–H and O–H groups in total. The number of anilines is 1. The summed E-state index contributed by atoms with van der Waals surface area (Å²) in [6.45, 7) is 9.45. The van der Waals surface area contributed by atoms with Crippen LogP contribution in [0.15, 0.2) is 22.5 Å². The van der Waals surface area contributed by atoms with Crippen LogP contribution in [0.5, 0.6) is 0 Å². The van der Waals surface area contributed by atoms with Gasteiger partial charge in [-0.3, -0.25) is 9.59 Å². The predicted molar refractivity (Wildman–Crippen MR) is 115 cm³/mol. The van der Waals surface area contributed by atoms with Crippen molar-refractivity contribution in [2.75, 3.05) is 18.2 Å². The molecule has 1 amide bonds. The van der Waals surface area contributed by atoms with Gasteiger partial charge in [-0.2, -0.15) is 0 Å². The molecule has 28 heavy (non-hydrogen) atoms. The van der Waals surface area contributed by atoms with E-state index in [0.29, 0.717) is 5.69 Å². The van der Waals surface area contributed by atoms with Gasteiger partial charge in [0.1, 0.15) is 12.0 Å². The Labute approximate surface area is 174 Å². The molecule has 0 saturated heterocycles. The summed E-state index contributed by atoms with van der Waals surface area (Å²) in [6.07, 6.45) is 0.616. The first-order valence-electron chi connectivity index (χ1n) is 9.08. The number of aromatic nitrogens is 1. The van der Waals surface area contributed by atoms with Gasteiger partial charge in [0.05, 0.1) is 15.8 Å². The van der Waals surface area contributed by atoms with Crippen LogP contribution in [0.1, 0.15) is 47.5 Å². The Morgan fingerprint density at radius 1 is 1.21 bits per heavy atom. The summed E-state index contributed by atoms with van der Waals surface area (Å²) in [5.74, 6) is -0.0174. The highest BCUT2D eigenvalue weighted by Gasteiger charge is 2.19. The molecule has 0 aliphatic heterocycles. The van der Waals surface area contributed by atoms with Gasteiger partial charge in [-0.05, 0) is 59.2 Å². The molecule has 6 nitrogen and oxygen atoms in total. The molecule has 0 radical (unpaired) electrons. The fraction of sp³-hybridized carbons (Fsp3) is 0.550. The van der Waals surface area contributed by atoms with E-state index in [1.54, 1.807) is 57.0 Å². The van der Waals surface area contributed by atoms with Crippen LogP contribution in [-0.4, -0.2) is 40.9 Å². The molecule has 0 unspecified atom stereocenters. The predicted octanol–water partition coefficient (Wildman–Crippen LogP) is 4.87. The average molecular weight is 425 g/mol. The number of hydrogen-bond donors (Lipinski definition) is 1. The van der Waals surface area contributed by atoms with Crippen molar-refractivity contribution in [2.45, 2.75) is 63.0 Å². The van der Waals surface area contributed by atoms with Crippen LogP contribution in [0.4, 0.5) is 5.69 Å². The number of nitrogens with zero attached hydrogens (tertiary/aromatic N) is 1. The van der Waals surface area contributed by atoms with Crippen molar-refractivity contribution in [2.24, 2.45) is 0 Å². The Morgan fingerprint density at radius 3 is 2.57 bits per heavy atom. The normalized spacial score (nSPS) is 12.2. The number of carbonyl (C=O) groups excluding carboxylic acids is 2. The van der Waals surface area contributed by atoms with Crippen molar-refractivity contribution in [3.8, 4) is 0 Å². The van der Waals surface area contributed by atoms with E-state index in [4.69, 9.17) is 9.47 Å². The van der Waals surface area contributed by atoms with Crippen molar-refractivity contribution in [1.29, 1.82) is 0 Å². The number of rotatable bonds is 8. The highest BCUT2D eigenvalue weighted by molar-refractivity contribution is 8.01. The molecule has 2 rings (SSSR count). The lowest BCUT2D eigenvalue weighted by Crippen LogP contribution is -2.27.